The third-order valence-corrected chi connectivity index (χ3v) is 5.10. The lowest BCUT2D eigenvalue weighted by Crippen LogP contribution is -1.97. The average molecular weight is 298 g/mol. The molecule has 2 rings (SSSR count). The van der Waals surface area contributed by atoms with Gasteiger partial charge in [0, 0.05) is 15.8 Å². The van der Waals surface area contributed by atoms with E-state index in [0.717, 1.165) is 29.9 Å². The summed E-state index contributed by atoms with van der Waals surface area (Å²) < 4.78 is 14.6. The van der Waals surface area contributed by atoms with Crippen LogP contribution in [0.4, 0.5) is 4.39 Å². The Kier molecular flexibility index (Phi) is 4.82. The highest BCUT2D eigenvalue weighted by atomic mass is 32.2. The van der Waals surface area contributed by atoms with Gasteiger partial charge in [-0.3, -0.25) is 0 Å². The lowest BCUT2D eigenvalue weighted by Gasteiger charge is -2.02. The van der Waals surface area contributed by atoms with E-state index < -0.39 is 5.97 Å². The molecule has 0 spiro atoms. The molecule has 1 aromatic heterocycles. The number of unbranched alkanes of at least 4 members (excludes halogenated alkanes) is 1. The van der Waals surface area contributed by atoms with E-state index in [1.54, 1.807) is 23.9 Å². The van der Waals surface area contributed by atoms with Crippen molar-refractivity contribution >= 4 is 39.2 Å². The van der Waals surface area contributed by atoms with Crippen LogP contribution in [-0.4, -0.2) is 16.8 Å². The summed E-state index contributed by atoms with van der Waals surface area (Å²) in [6.07, 6.45) is 2.20. The molecule has 0 saturated carbocycles. The van der Waals surface area contributed by atoms with Crippen molar-refractivity contribution in [3.63, 3.8) is 0 Å². The SMILES string of the molecule is CCCCSCc1c(C(=O)O)sc2cccc(F)c12. The van der Waals surface area contributed by atoms with Gasteiger partial charge in [0.25, 0.3) is 0 Å². The molecule has 1 heterocycles. The van der Waals surface area contributed by atoms with Crippen molar-refractivity contribution < 1.29 is 14.3 Å². The fourth-order valence-electron chi connectivity index (χ4n) is 1.90. The Hall–Kier alpha value is -1.07. The van der Waals surface area contributed by atoms with Crippen molar-refractivity contribution in [3.05, 3.63) is 34.5 Å². The molecule has 102 valence electrons. The highest BCUT2D eigenvalue weighted by Crippen LogP contribution is 2.35. The predicted octanol–water partition coefficient (Wildman–Crippen LogP) is 4.77. The summed E-state index contributed by atoms with van der Waals surface area (Å²) in [5.74, 6) is 0.239. The molecule has 2 aromatic rings. The van der Waals surface area contributed by atoms with Crippen LogP contribution in [0.15, 0.2) is 18.2 Å². The van der Waals surface area contributed by atoms with E-state index in [9.17, 15) is 14.3 Å². The molecule has 2 nitrogen and oxygen atoms in total. The maximum Gasteiger partial charge on any atom is 0.346 e. The van der Waals surface area contributed by atoms with E-state index in [-0.39, 0.29) is 10.7 Å². The second-order valence-electron chi connectivity index (χ2n) is 4.23. The summed E-state index contributed by atoms with van der Waals surface area (Å²) in [5, 5.41) is 9.72. The number of hydrogen-bond acceptors (Lipinski definition) is 3. The highest BCUT2D eigenvalue weighted by molar-refractivity contribution is 7.98. The number of carboxylic acids is 1. The molecule has 1 aromatic carbocycles. The fourth-order valence-corrected chi connectivity index (χ4v) is 4.19. The van der Waals surface area contributed by atoms with Crippen LogP contribution in [0.3, 0.4) is 0 Å². The largest absolute Gasteiger partial charge is 0.477 e. The number of rotatable bonds is 6. The molecule has 1 N–H and O–H groups in total. The fraction of sp³-hybridized carbons (Fsp3) is 0.357. The van der Waals surface area contributed by atoms with Crippen molar-refractivity contribution in [3.8, 4) is 0 Å². The molecule has 0 aliphatic carbocycles. The zero-order valence-corrected chi connectivity index (χ0v) is 12.2. The van der Waals surface area contributed by atoms with Gasteiger partial charge in [-0.2, -0.15) is 11.8 Å². The van der Waals surface area contributed by atoms with Crippen LogP contribution >= 0.6 is 23.1 Å². The first-order chi connectivity index (χ1) is 9.15. The molecular weight excluding hydrogens is 283 g/mol. The lowest BCUT2D eigenvalue weighted by molar-refractivity contribution is 0.0701. The molecule has 0 unspecified atom stereocenters. The number of thioether (sulfide) groups is 1. The van der Waals surface area contributed by atoms with Gasteiger partial charge in [-0.05, 0) is 29.9 Å². The molecule has 0 atom stereocenters. The van der Waals surface area contributed by atoms with Gasteiger partial charge in [0.05, 0.1) is 0 Å². The van der Waals surface area contributed by atoms with Gasteiger partial charge in [0.1, 0.15) is 10.7 Å². The molecule has 0 amide bonds. The van der Waals surface area contributed by atoms with E-state index in [0.29, 0.717) is 21.4 Å². The van der Waals surface area contributed by atoms with E-state index in [4.69, 9.17) is 0 Å². The smallest absolute Gasteiger partial charge is 0.346 e. The van der Waals surface area contributed by atoms with Crippen molar-refractivity contribution in [2.45, 2.75) is 25.5 Å². The van der Waals surface area contributed by atoms with Gasteiger partial charge in [-0.15, -0.1) is 11.3 Å². The number of halogens is 1. The number of carbonyl (C=O) groups is 1. The summed E-state index contributed by atoms with van der Waals surface area (Å²) in [4.78, 5) is 11.5. The summed E-state index contributed by atoms with van der Waals surface area (Å²) in [5.41, 5.74) is 0.631. The normalized spacial score (nSPS) is 11.1. The Balaban J connectivity index is 2.37. The minimum atomic E-state index is -0.966. The molecule has 0 aliphatic rings. The Morgan fingerprint density at radius 3 is 2.95 bits per heavy atom. The van der Waals surface area contributed by atoms with Gasteiger partial charge in [0.2, 0.25) is 0 Å². The van der Waals surface area contributed by atoms with E-state index in [2.05, 4.69) is 6.92 Å². The second kappa shape index (κ2) is 6.39. The number of aromatic carboxylic acids is 1. The van der Waals surface area contributed by atoms with Crippen LogP contribution in [0.1, 0.15) is 35.0 Å². The molecule has 5 heteroatoms. The summed E-state index contributed by atoms with van der Waals surface area (Å²) >= 11 is 2.82. The number of benzene rings is 1. The average Bonchev–Trinajstić information content (AvgIpc) is 2.75. The molecule has 0 bridgehead atoms. The quantitative estimate of drug-likeness (QED) is 0.780. The summed E-state index contributed by atoms with van der Waals surface area (Å²) in [6, 6.07) is 4.78. The van der Waals surface area contributed by atoms with E-state index >= 15 is 0 Å². The Bertz CT molecular complexity index is 592. The van der Waals surface area contributed by atoms with Crippen LogP contribution in [0.5, 0.6) is 0 Å². The first kappa shape index (κ1) is 14.3. The second-order valence-corrected chi connectivity index (χ2v) is 6.39. The summed E-state index contributed by atoms with van der Waals surface area (Å²) in [6.45, 7) is 2.11. The standard InChI is InChI=1S/C14H15FO2S2/c1-2-3-7-18-8-9-12-10(15)5-4-6-11(12)19-13(9)14(16)17/h4-6H,2-3,7-8H2,1H3,(H,16,17). The van der Waals surface area contributed by atoms with Crippen LogP contribution in [-0.2, 0) is 5.75 Å². The molecule has 0 saturated heterocycles. The van der Waals surface area contributed by atoms with E-state index in [1.807, 2.05) is 0 Å². The minimum absolute atomic E-state index is 0.268. The van der Waals surface area contributed by atoms with Gasteiger partial charge >= 0.3 is 5.97 Å². The predicted molar refractivity (Wildman–Crippen MR) is 79.8 cm³/mol. The van der Waals surface area contributed by atoms with Crippen molar-refractivity contribution in [2.75, 3.05) is 5.75 Å². The van der Waals surface area contributed by atoms with Crippen molar-refractivity contribution in [1.82, 2.24) is 0 Å². The number of carboxylic acid groups (broad SMARTS) is 1. The van der Waals surface area contributed by atoms with Crippen molar-refractivity contribution in [1.29, 1.82) is 0 Å². The van der Waals surface area contributed by atoms with Gasteiger partial charge in [-0.25, -0.2) is 9.18 Å². The monoisotopic (exact) mass is 298 g/mol. The lowest BCUT2D eigenvalue weighted by atomic mass is 10.1. The first-order valence-corrected chi connectivity index (χ1v) is 8.13. The third kappa shape index (κ3) is 3.09. The minimum Gasteiger partial charge on any atom is -0.477 e. The Labute approximate surface area is 119 Å². The molecule has 19 heavy (non-hydrogen) atoms. The summed E-state index contributed by atoms with van der Waals surface area (Å²) in [7, 11) is 0. The van der Waals surface area contributed by atoms with Crippen LogP contribution < -0.4 is 0 Å². The highest BCUT2D eigenvalue weighted by Gasteiger charge is 2.19. The van der Waals surface area contributed by atoms with Crippen molar-refractivity contribution in [2.24, 2.45) is 0 Å². The van der Waals surface area contributed by atoms with Crippen LogP contribution in [0.25, 0.3) is 10.1 Å². The Morgan fingerprint density at radius 1 is 1.47 bits per heavy atom. The topological polar surface area (TPSA) is 37.3 Å². The molecule has 0 aliphatic heterocycles. The maximum atomic E-state index is 13.9. The van der Waals surface area contributed by atoms with E-state index in [1.165, 1.54) is 6.07 Å². The molecule has 0 fully saturated rings. The molecule has 0 radical (unpaired) electrons. The number of thiophene rings is 1. The first-order valence-electron chi connectivity index (χ1n) is 6.16. The molecular formula is C14H15FO2S2. The Morgan fingerprint density at radius 2 is 2.26 bits per heavy atom. The zero-order chi connectivity index (χ0) is 13.8. The third-order valence-electron chi connectivity index (χ3n) is 2.85. The number of hydrogen-bond donors (Lipinski definition) is 1. The zero-order valence-electron chi connectivity index (χ0n) is 10.6. The van der Waals surface area contributed by atoms with Crippen LogP contribution in [0, 0.1) is 5.82 Å². The van der Waals surface area contributed by atoms with Gasteiger partial charge < -0.3 is 5.11 Å². The maximum absolute atomic E-state index is 13.9. The van der Waals surface area contributed by atoms with Gasteiger partial charge in [0.15, 0.2) is 0 Å². The van der Waals surface area contributed by atoms with Gasteiger partial charge in [-0.1, -0.05) is 19.4 Å². The number of fused-ring (bicyclic) bond motifs is 1. The van der Waals surface area contributed by atoms with Crippen LogP contribution in [0.2, 0.25) is 0 Å².